The standard InChI is InChI=1S/C14H26N2O/c1-11(15-10-9-12-5-4-6-12)14(17)16-13-7-2-3-8-13/h11-13,15H,2-10H2,1H3,(H,16,17). The van der Waals surface area contributed by atoms with E-state index in [0.717, 1.165) is 12.5 Å². The van der Waals surface area contributed by atoms with Crippen LogP contribution in [0.15, 0.2) is 0 Å². The molecule has 2 rings (SSSR count). The van der Waals surface area contributed by atoms with E-state index in [1.807, 2.05) is 6.92 Å². The minimum absolute atomic E-state index is 0.0318. The van der Waals surface area contributed by atoms with E-state index in [1.54, 1.807) is 0 Å². The first-order chi connectivity index (χ1) is 8.25. The first kappa shape index (κ1) is 12.9. The van der Waals surface area contributed by atoms with E-state index >= 15 is 0 Å². The molecule has 2 N–H and O–H groups in total. The molecule has 0 aliphatic heterocycles. The normalized spacial score (nSPS) is 23.4. The van der Waals surface area contributed by atoms with Crippen LogP contribution in [0.2, 0.25) is 0 Å². The van der Waals surface area contributed by atoms with Crippen molar-refractivity contribution in [2.75, 3.05) is 6.54 Å². The molecule has 0 spiro atoms. The Hall–Kier alpha value is -0.570. The fraction of sp³-hybridized carbons (Fsp3) is 0.929. The molecule has 2 saturated carbocycles. The van der Waals surface area contributed by atoms with Crippen LogP contribution in [0.4, 0.5) is 0 Å². The predicted octanol–water partition coefficient (Wildman–Crippen LogP) is 2.21. The average Bonchev–Trinajstić information content (AvgIpc) is 2.74. The van der Waals surface area contributed by atoms with Crippen LogP contribution in [-0.2, 0) is 4.79 Å². The van der Waals surface area contributed by atoms with Gasteiger partial charge in [-0.15, -0.1) is 0 Å². The Morgan fingerprint density at radius 1 is 1.18 bits per heavy atom. The molecule has 2 fully saturated rings. The van der Waals surface area contributed by atoms with Gasteiger partial charge in [0, 0.05) is 6.04 Å². The second-order valence-electron chi connectivity index (χ2n) is 5.75. The van der Waals surface area contributed by atoms with Gasteiger partial charge in [-0.1, -0.05) is 32.1 Å². The molecule has 0 saturated heterocycles. The van der Waals surface area contributed by atoms with Gasteiger partial charge in [-0.3, -0.25) is 4.79 Å². The highest BCUT2D eigenvalue weighted by molar-refractivity contribution is 5.81. The summed E-state index contributed by atoms with van der Waals surface area (Å²) in [6, 6.07) is 0.411. The molecule has 2 aliphatic rings. The molecular weight excluding hydrogens is 212 g/mol. The molecule has 0 aromatic heterocycles. The smallest absolute Gasteiger partial charge is 0.237 e. The third-order valence-electron chi connectivity index (χ3n) is 4.32. The first-order valence-electron chi connectivity index (χ1n) is 7.29. The summed E-state index contributed by atoms with van der Waals surface area (Å²) < 4.78 is 0. The Balaban J connectivity index is 1.57. The topological polar surface area (TPSA) is 41.1 Å². The zero-order chi connectivity index (χ0) is 12.1. The first-order valence-corrected chi connectivity index (χ1v) is 7.29. The van der Waals surface area contributed by atoms with Crippen molar-refractivity contribution < 1.29 is 4.79 Å². The molecule has 1 atom stereocenters. The highest BCUT2D eigenvalue weighted by atomic mass is 16.2. The van der Waals surface area contributed by atoms with Crippen LogP contribution in [-0.4, -0.2) is 24.5 Å². The minimum Gasteiger partial charge on any atom is -0.352 e. The quantitative estimate of drug-likeness (QED) is 0.745. The summed E-state index contributed by atoms with van der Waals surface area (Å²) in [5.74, 6) is 1.11. The maximum absolute atomic E-state index is 11.9. The maximum atomic E-state index is 11.9. The fourth-order valence-electron chi connectivity index (χ4n) is 2.77. The summed E-state index contributed by atoms with van der Waals surface area (Å²) in [5, 5.41) is 6.49. The van der Waals surface area contributed by atoms with Gasteiger partial charge in [0.25, 0.3) is 0 Å². The van der Waals surface area contributed by atoms with Gasteiger partial charge in [-0.05, 0) is 38.6 Å². The second-order valence-corrected chi connectivity index (χ2v) is 5.75. The van der Waals surface area contributed by atoms with Gasteiger partial charge in [-0.2, -0.15) is 0 Å². The molecule has 0 radical (unpaired) electrons. The van der Waals surface area contributed by atoms with E-state index in [9.17, 15) is 4.79 Å². The molecule has 2 aliphatic carbocycles. The average molecular weight is 238 g/mol. The molecule has 17 heavy (non-hydrogen) atoms. The van der Waals surface area contributed by atoms with E-state index in [-0.39, 0.29) is 11.9 Å². The number of carbonyl (C=O) groups excluding carboxylic acids is 1. The molecule has 1 amide bonds. The number of amides is 1. The lowest BCUT2D eigenvalue weighted by atomic mass is 9.83. The summed E-state index contributed by atoms with van der Waals surface area (Å²) >= 11 is 0. The number of nitrogens with one attached hydrogen (secondary N) is 2. The maximum Gasteiger partial charge on any atom is 0.237 e. The molecule has 3 nitrogen and oxygen atoms in total. The van der Waals surface area contributed by atoms with Gasteiger partial charge in [0.2, 0.25) is 5.91 Å². The van der Waals surface area contributed by atoms with Gasteiger partial charge in [0.05, 0.1) is 6.04 Å². The lowest BCUT2D eigenvalue weighted by molar-refractivity contribution is -0.123. The van der Waals surface area contributed by atoms with E-state index < -0.39 is 0 Å². The van der Waals surface area contributed by atoms with Crippen LogP contribution in [0.3, 0.4) is 0 Å². The molecule has 98 valence electrons. The lowest BCUT2D eigenvalue weighted by Crippen LogP contribution is -2.46. The van der Waals surface area contributed by atoms with Gasteiger partial charge in [0.15, 0.2) is 0 Å². The Morgan fingerprint density at radius 3 is 2.47 bits per heavy atom. The molecule has 0 aromatic rings. The summed E-state index contributed by atoms with van der Waals surface area (Å²) in [7, 11) is 0. The zero-order valence-corrected chi connectivity index (χ0v) is 11.0. The Morgan fingerprint density at radius 2 is 1.88 bits per heavy atom. The lowest BCUT2D eigenvalue weighted by Gasteiger charge is -2.26. The van der Waals surface area contributed by atoms with Crippen LogP contribution >= 0.6 is 0 Å². The van der Waals surface area contributed by atoms with Gasteiger partial charge in [-0.25, -0.2) is 0 Å². The van der Waals surface area contributed by atoms with Crippen LogP contribution in [0.1, 0.15) is 58.3 Å². The number of carbonyl (C=O) groups is 1. The van der Waals surface area contributed by atoms with Crippen LogP contribution in [0.25, 0.3) is 0 Å². The highest BCUT2D eigenvalue weighted by Crippen LogP contribution is 2.28. The second kappa shape index (κ2) is 6.39. The SMILES string of the molecule is CC(NCCC1CCC1)C(=O)NC1CCCC1. The van der Waals surface area contributed by atoms with Crippen molar-refractivity contribution in [3.63, 3.8) is 0 Å². The summed E-state index contributed by atoms with van der Waals surface area (Å²) in [6.45, 7) is 2.97. The van der Waals surface area contributed by atoms with Crippen molar-refractivity contribution in [1.29, 1.82) is 0 Å². The van der Waals surface area contributed by atoms with Gasteiger partial charge in [0.1, 0.15) is 0 Å². The van der Waals surface area contributed by atoms with Crippen LogP contribution in [0.5, 0.6) is 0 Å². The van der Waals surface area contributed by atoms with Gasteiger partial charge >= 0.3 is 0 Å². The van der Waals surface area contributed by atoms with E-state index in [0.29, 0.717) is 6.04 Å². The Labute approximate surface area is 105 Å². The summed E-state index contributed by atoms with van der Waals surface area (Å²) in [5.41, 5.74) is 0. The van der Waals surface area contributed by atoms with E-state index in [4.69, 9.17) is 0 Å². The minimum atomic E-state index is -0.0318. The van der Waals surface area contributed by atoms with Crippen LogP contribution in [0, 0.1) is 5.92 Å². The third-order valence-corrected chi connectivity index (χ3v) is 4.32. The van der Waals surface area contributed by atoms with Gasteiger partial charge < -0.3 is 10.6 Å². The predicted molar refractivity (Wildman–Crippen MR) is 69.8 cm³/mol. The van der Waals surface area contributed by atoms with Crippen LogP contribution < -0.4 is 10.6 Å². The van der Waals surface area contributed by atoms with E-state index in [2.05, 4.69) is 10.6 Å². The largest absolute Gasteiger partial charge is 0.352 e. The molecule has 3 heteroatoms. The Bertz CT molecular complexity index is 245. The third kappa shape index (κ3) is 3.98. The summed E-state index contributed by atoms with van der Waals surface area (Å²) in [6.07, 6.45) is 10.3. The molecule has 0 heterocycles. The van der Waals surface area contributed by atoms with Crippen molar-refractivity contribution in [3.8, 4) is 0 Å². The highest BCUT2D eigenvalue weighted by Gasteiger charge is 2.21. The number of rotatable bonds is 6. The Kier molecular flexibility index (Phi) is 4.84. The summed E-state index contributed by atoms with van der Waals surface area (Å²) in [4.78, 5) is 11.9. The van der Waals surface area contributed by atoms with Crippen molar-refractivity contribution in [2.45, 2.75) is 70.4 Å². The number of hydrogen-bond donors (Lipinski definition) is 2. The fourth-order valence-corrected chi connectivity index (χ4v) is 2.77. The van der Waals surface area contributed by atoms with Crippen molar-refractivity contribution in [1.82, 2.24) is 10.6 Å². The molecule has 1 unspecified atom stereocenters. The molecular formula is C14H26N2O. The van der Waals surface area contributed by atoms with Crippen molar-refractivity contribution in [2.24, 2.45) is 5.92 Å². The van der Waals surface area contributed by atoms with Crippen molar-refractivity contribution >= 4 is 5.91 Å². The van der Waals surface area contributed by atoms with Crippen molar-refractivity contribution in [3.05, 3.63) is 0 Å². The molecule has 0 aromatic carbocycles. The molecule has 0 bridgehead atoms. The monoisotopic (exact) mass is 238 g/mol. The van der Waals surface area contributed by atoms with E-state index in [1.165, 1.54) is 51.4 Å². The zero-order valence-electron chi connectivity index (χ0n) is 11.0. The number of hydrogen-bond acceptors (Lipinski definition) is 2.